The Morgan fingerprint density at radius 1 is 1.05 bits per heavy atom. The van der Waals surface area contributed by atoms with Crippen LogP contribution in [0.5, 0.6) is 5.75 Å². The molecule has 0 unspecified atom stereocenters. The summed E-state index contributed by atoms with van der Waals surface area (Å²) in [5.41, 5.74) is 2.30. The monoisotopic (exact) mass is 297 g/mol. The fourth-order valence-corrected chi connectivity index (χ4v) is 2.20. The number of nitrogens with zero attached hydrogens (tertiary/aromatic N) is 1. The minimum absolute atomic E-state index is 0.000530. The summed E-state index contributed by atoms with van der Waals surface area (Å²) in [5, 5.41) is 0. The molecule has 2 aromatic carbocycles. The molecule has 3 heteroatoms. The molecule has 0 aliphatic carbocycles. The molecule has 2 aromatic rings. The maximum atomic E-state index is 12.4. The Bertz CT molecular complexity index is 591. The van der Waals surface area contributed by atoms with Crippen LogP contribution in [0.2, 0.25) is 0 Å². The fourth-order valence-electron chi connectivity index (χ4n) is 2.20. The predicted molar refractivity (Wildman–Crippen MR) is 88.8 cm³/mol. The van der Waals surface area contributed by atoms with E-state index in [1.165, 1.54) is 5.56 Å². The molecule has 3 nitrogen and oxygen atoms in total. The van der Waals surface area contributed by atoms with Crippen molar-refractivity contribution in [3.8, 4) is 5.75 Å². The van der Waals surface area contributed by atoms with Gasteiger partial charge in [-0.15, -0.1) is 0 Å². The Morgan fingerprint density at radius 3 is 2.27 bits per heavy atom. The Morgan fingerprint density at radius 2 is 1.68 bits per heavy atom. The van der Waals surface area contributed by atoms with Crippen molar-refractivity contribution >= 4 is 5.91 Å². The zero-order valence-electron chi connectivity index (χ0n) is 13.5. The van der Waals surface area contributed by atoms with Gasteiger partial charge < -0.3 is 9.64 Å². The summed E-state index contributed by atoms with van der Waals surface area (Å²) in [4.78, 5) is 14.3. The maximum absolute atomic E-state index is 12.4. The van der Waals surface area contributed by atoms with E-state index in [1.54, 1.807) is 0 Å². The molecule has 0 atom stereocenters. The summed E-state index contributed by atoms with van der Waals surface area (Å²) in [6, 6.07) is 17.9. The van der Waals surface area contributed by atoms with E-state index < -0.39 is 0 Å². The van der Waals surface area contributed by atoms with Crippen LogP contribution in [0.15, 0.2) is 54.6 Å². The largest absolute Gasteiger partial charge is 0.484 e. The van der Waals surface area contributed by atoms with Crippen molar-refractivity contribution in [1.29, 1.82) is 0 Å². The maximum Gasteiger partial charge on any atom is 0.261 e. The fraction of sp³-hybridized carbons (Fsp3) is 0.316. The number of hydrogen-bond acceptors (Lipinski definition) is 2. The molecule has 0 bridgehead atoms. The zero-order chi connectivity index (χ0) is 15.9. The van der Waals surface area contributed by atoms with Crippen molar-refractivity contribution in [2.75, 3.05) is 6.61 Å². The topological polar surface area (TPSA) is 29.5 Å². The van der Waals surface area contributed by atoms with Crippen LogP contribution in [0.1, 0.15) is 25.0 Å². The van der Waals surface area contributed by atoms with Crippen molar-refractivity contribution in [3.63, 3.8) is 0 Å². The molecular weight excluding hydrogens is 274 g/mol. The number of benzene rings is 2. The van der Waals surface area contributed by atoms with Crippen LogP contribution < -0.4 is 4.74 Å². The molecule has 0 aromatic heterocycles. The molecule has 22 heavy (non-hydrogen) atoms. The van der Waals surface area contributed by atoms with Gasteiger partial charge >= 0.3 is 0 Å². The highest BCUT2D eigenvalue weighted by atomic mass is 16.5. The highest BCUT2D eigenvalue weighted by molar-refractivity contribution is 5.78. The molecule has 0 saturated heterocycles. The number of amides is 1. The summed E-state index contributed by atoms with van der Waals surface area (Å²) in [6.45, 7) is 6.73. The summed E-state index contributed by atoms with van der Waals surface area (Å²) in [6.07, 6.45) is 0. The minimum Gasteiger partial charge on any atom is -0.484 e. The molecule has 1 amide bonds. The second-order valence-corrected chi connectivity index (χ2v) is 5.70. The molecule has 0 heterocycles. The van der Waals surface area contributed by atoms with Crippen LogP contribution in [0, 0.1) is 6.92 Å². The average molecular weight is 297 g/mol. The van der Waals surface area contributed by atoms with Crippen molar-refractivity contribution in [3.05, 3.63) is 65.7 Å². The Labute approximate surface area is 132 Å². The third kappa shape index (κ3) is 4.62. The van der Waals surface area contributed by atoms with Crippen LogP contribution in [0.3, 0.4) is 0 Å². The lowest BCUT2D eigenvalue weighted by atomic mass is 10.2. The Kier molecular flexibility index (Phi) is 5.59. The van der Waals surface area contributed by atoms with Gasteiger partial charge in [0.05, 0.1) is 0 Å². The van der Waals surface area contributed by atoms with Crippen molar-refractivity contribution in [1.82, 2.24) is 4.90 Å². The van der Waals surface area contributed by atoms with Crippen LogP contribution >= 0.6 is 0 Å². The van der Waals surface area contributed by atoms with Gasteiger partial charge in [-0.1, -0.05) is 48.0 Å². The first kappa shape index (κ1) is 16.1. The van der Waals surface area contributed by atoms with Gasteiger partial charge in [0.15, 0.2) is 6.61 Å². The SMILES string of the molecule is Cc1ccc(OCC(=O)N(Cc2ccccc2)C(C)C)cc1. The summed E-state index contributed by atoms with van der Waals surface area (Å²) >= 11 is 0. The lowest BCUT2D eigenvalue weighted by Gasteiger charge is -2.27. The zero-order valence-corrected chi connectivity index (χ0v) is 13.5. The summed E-state index contributed by atoms with van der Waals surface area (Å²) in [7, 11) is 0. The van der Waals surface area contributed by atoms with E-state index in [0.29, 0.717) is 6.54 Å². The smallest absolute Gasteiger partial charge is 0.261 e. The lowest BCUT2D eigenvalue weighted by molar-refractivity contribution is -0.135. The average Bonchev–Trinajstić information content (AvgIpc) is 2.52. The van der Waals surface area contributed by atoms with E-state index in [-0.39, 0.29) is 18.6 Å². The van der Waals surface area contributed by atoms with E-state index in [9.17, 15) is 4.79 Å². The molecular formula is C19H23NO2. The molecule has 0 aliphatic rings. The standard InChI is InChI=1S/C19H23NO2/c1-15(2)20(13-17-7-5-4-6-8-17)19(21)14-22-18-11-9-16(3)10-12-18/h4-12,15H,13-14H2,1-3H3. The van der Waals surface area contributed by atoms with Crippen LogP contribution in [0.4, 0.5) is 0 Å². The lowest BCUT2D eigenvalue weighted by Crippen LogP contribution is -2.39. The Balaban J connectivity index is 1.96. The van der Waals surface area contributed by atoms with Crippen LogP contribution in [-0.2, 0) is 11.3 Å². The number of rotatable bonds is 6. The van der Waals surface area contributed by atoms with Gasteiger partial charge in [0, 0.05) is 12.6 Å². The normalized spacial score (nSPS) is 10.5. The van der Waals surface area contributed by atoms with Gasteiger partial charge in [0.1, 0.15) is 5.75 Å². The van der Waals surface area contributed by atoms with E-state index in [4.69, 9.17) is 4.74 Å². The molecule has 0 spiro atoms. The molecule has 0 aliphatic heterocycles. The van der Waals surface area contributed by atoms with E-state index >= 15 is 0 Å². The van der Waals surface area contributed by atoms with Crippen LogP contribution in [0.25, 0.3) is 0 Å². The highest BCUT2D eigenvalue weighted by Crippen LogP contribution is 2.13. The number of aryl methyl sites for hydroxylation is 1. The molecule has 0 fully saturated rings. The second kappa shape index (κ2) is 7.64. The molecule has 0 saturated carbocycles. The van der Waals surface area contributed by atoms with Gasteiger partial charge in [0.2, 0.25) is 0 Å². The summed E-state index contributed by atoms with van der Waals surface area (Å²) < 4.78 is 5.60. The van der Waals surface area contributed by atoms with Crippen molar-refractivity contribution in [2.45, 2.75) is 33.4 Å². The molecule has 116 valence electrons. The Hall–Kier alpha value is -2.29. The van der Waals surface area contributed by atoms with Gasteiger partial charge in [-0.25, -0.2) is 0 Å². The minimum atomic E-state index is -0.000530. The van der Waals surface area contributed by atoms with Crippen LogP contribution in [-0.4, -0.2) is 23.5 Å². The number of hydrogen-bond donors (Lipinski definition) is 0. The van der Waals surface area contributed by atoms with Gasteiger partial charge in [0.25, 0.3) is 5.91 Å². The van der Waals surface area contributed by atoms with Crippen molar-refractivity contribution < 1.29 is 9.53 Å². The van der Waals surface area contributed by atoms with Crippen molar-refractivity contribution in [2.24, 2.45) is 0 Å². The third-order valence-electron chi connectivity index (χ3n) is 3.52. The molecule has 0 N–H and O–H groups in total. The number of ether oxygens (including phenoxy) is 1. The van der Waals surface area contributed by atoms with Gasteiger partial charge in [-0.2, -0.15) is 0 Å². The summed E-state index contributed by atoms with van der Waals surface area (Å²) in [5.74, 6) is 0.724. The van der Waals surface area contributed by atoms with E-state index in [1.807, 2.05) is 80.3 Å². The highest BCUT2D eigenvalue weighted by Gasteiger charge is 2.17. The third-order valence-corrected chi connectivity index (χ3v) is 3.52. The first-order valence-electron chi connectivity index (χ1n) is 7.59. The first-order chi connectivity index (χ1) is 10.6. The first-order valence-corrected chi connectivity index (χ1v) is 7.59. The van der Waals surface area contributed by atoms with E-state index in [0.717, 1.165) is 11.3 Å². The second-order valence-electron chi connectivity index (χ2n) is 5.70. The van der Waals surface area contributed by atoms with Gasteiger partial charge in [-0.3, -0.25) is 4.79 Å². The van der Waals surface area contributed by atoms with Gasteiger partial charge in [-0.05, 0) is 38.5 Å². The number of carbonyl (C=O) groups is 1. The van der Waals surface area contributed by atoms with E-state index in [2.05, 4.69) is 0 Å². The predicted octanol–water partition coefficient (Wildman–Crippen LogP) is 3.81. The molecule has 0 radical (unpaired) electrons. The number of carbonyl (C=O) groups excluding carboxylic acids is 1. The molecule has 2 rings (SSSR count). The quantitative estimate of drug-likeness (QED) is 0.811.